The van der Waals surface area contributed by atoms with Crippen molar-refractivity contribution in [2.24, 2.45) is 0 Å². The molecule has 0 saturated carbocycles. The molecule has 5 heteroatoms. The van der Waals surface area contributed by atoms with Gasteiger partial charge in [0.2, 0.25) is 0 Å². The van der Waals surface area contributed by atoms with Gasteiger partial charge in [-0.25, -0.2) is 0 Å². The van der Waals surface area contributed by atoms with Gasteiger partial charge in [0.15, 0.2) is 0 Å². The molecular weight excluding hydrogens is 232 g/mol. The van der Waals surface area contributed by atoms with Gasteiger partial charge in [0.25, 0.3) is 5.56 Å². The first-order valence-corrected chi connectivity index (χ1v) is 6.16. The molecule has 0 aromatic carbocycles. The van der Waals surface area contributed by atoms with Crippen molar-refractivity contribution in [2.45, 2.75) is 32.9 Å². The monoisotopic (exact) mass is 252 g/mol. The molecule has 0 saturated heterocycles. The van der Waals surface area contributed by atoms with Crippen LogP contribution in [0.15, 0.2) is 29.2 Å². The molecule has 1 rings (SSSR count). The number of carboxylic acid groups (broad SMARTS) is 1. The van der Waals surface area contributed by atoms with E-state index in [-0.39, 0.29) is 18.0 Å². The van der Waals surface area contributed by atoms with Crippen LogP contribution in [0.25, 0.3) is 0 Å². The molecule has 1 aromatic rings. The Labute approximate surface area is 107 Å². The molecule has 0 aliphatic rings. The van der Waals surface area contributed by atoms with E-state index >= 15 is 0 Å². The SMILES string of the molecule is CCN(CCn1ccccc1=O)C(C)CC(=O)O. The number of aliphatic carboxylic acids is 1. The van der Waals surface area contributed by atoms with Crippen LogP contribution >= 0.6 is 0 Å². The fraction of sp³-hybridized carbons (Fsp3) is 0.538. The van der Waals surface area contributed by atoms with E-state index < -0.39 is 5.97 Å². The average Bonchev–Trinajstić information content (AvgIpc) is 2.31. The Balaban J connectivity index is 2.57. The van der Waals surface area contributed by atoms with E-state index in [1.807, 2.05) is 19.9 Å². The van der Waals surface area contributed by atoms with Gasteiger partial charge in [-0.1, -0.05) is 13.0 Å². The van der Waals surface area contributed by atoms with Gasteiger partial charge in [0.1, 0.15) is 0 Å². The number of carboxylic acids is 1. The Kier molecular flexibility index (Phi) is 5.58. The summed E-state index contributed by atoms with van der Waals surface area (Å²) in [4.78, 5) is 24.3. The summed E-state index contributed by atoms with van der Waals surface area (Å²) < 4.78 is 1.64. The summed E-state index contributed by atoms with van der Waals surface area (Å²) in [5, 5.41) is 8.78. The number of carbonyl (C=O) groups is 1. The number of hydrogen-bond donors (Lipinski definition) is 1. The molecule has 1 unspecified atom stereocenters. The van der Waals surface area contributed by atoms with E-state index in [4.69, 9.17) is 5.11 Å². The van der Waals surface area contributed by atoms with Gasteiger partial charge in [-0.15, -0.1) is 0 Å². The van der Waals surface area contributed by atoms with E-state index in [2.05, 4.69) is 4.90 Å². The van der Waals surface area contributed by atoms with Gasteiger partial charge < -0.3 is 9.67 Å². The Hall–Kier alpha value is -1.62. The lowest BCUT2D eigenvalue weighted by atomic mass is 10.2. The van der Waals surface area contributed by atoms with Crippen molar-refractivity contribution < 1.29 is 9.90 Å². The standard InChI is InChI=1S/C13H20N2O3/c1-3-14(11(2)10-13(17)18)8-9-15-7-5-4-6-12(15)16/h4-7,11H,3,8-10H2,1-2H3,(H,17,18). The zero-order valence-corrected chi connectivity index (χ0v) is 10.9. The molecule has 1 atom stereocenters. The number of hydrogen-bond acceptors (Lipinski definition) is 3. The number of likely N-dealkylation sites (N-methyl/N-ethyl adjacent to an activating group) is 1. The molecule has 0 aliphatic carbocycles. The smallest absolute Gasteiger partial charge is 0.304 e. The zero-order valence-electron chi connectivity index (χ0n) is 10.9. The maximum atomic E-state index is 11.5. The van der Waals surface area contributed by atoms with Gasteiger partial charge >= 0.3 is 5.97 Å². The maximum absolute atomic E-state index is 11.5. The fourth-order valence-electron chi connectivity index (χ4n) is 1.95. The molecule has 0 fully saturated rings. The lowest BCUT2D eigenvalue weighted by Gasteiger charge is -2.26. The molecular formula is C13H20N2O3. The van der Waals surface area contributed by atoms with Crippen LogP contribution in [0.4, 0.5) is 0 Å². The lowest BCUT2D eigenvalue weighted by Crippen LogP contribution is -2.38. The van der Waals surface area contributed by atoms with Crippen molar-refractivity contribution in [3.05, 3.63) is 34.7 Å². The highest BCUT2D eigenvalue weighted by Crippen LogP contribution is 2.03. The number of aromatic nitrogens is 1. The molecule has 1 heterocycles. The predicted molar refractivity (Wildman–Crippen MR) is 69.7 cm³/mol. The van der Waals surface area contributed by atoms with Gasteiger partial charge in [-0.2, -0.15) is 0 Å². The first-order valence-electron chi connectivity index (χ1n) is 6.16. The molecule has 1 N–H and O–H groups in total. The van der Waals surface area contributed by atoms with E-state index in [0.29, 0.717) is 13.1 Å². The summed E-state index contributed by atoms with van der Waals surface area (Å²) in [6, 6.07) is 5.03. The Morgan fingerprint density at radius 1 is 1.50 bits per heavy atom. The Morgan fingerprint density at radius 2 is 2.22 bits per heavy atom. The fourth-order valence-corrected chi connectivity index (χ4v) is 1.95. The van der Waals surface area contributed by atoms with Gasteiger partial charge in [-0.3, -0.25) is 14.5 Å². The third-order valence-electron chi connectivity index (χ3n) is 3.03. The predicted octanol–water partition coefficient (Wildman–Crippen LogP) is 1.03. The summed E-state index contributed by atoms with van der Waals surface area (Å²) >= 11 is 0. The van der Waals surface area contributed by atoms with Crippen molar-refractivity contribution in [2.75, 3.05) is 13.1 Å². The van der Waals surface area contributed by atoms with E-state index in [0.717, 1.165) is 6.54 Å². The quantitative estimate of drug-likeness (QED) is 0.787. The Bertz CT molecular complexity index is 442. The van der Waals surface area contributed by atoms with Crippen LogP contribution in [0.1, 0.15) is 20.3 Å². The second-order valence-electron chi connectivity index (χ2n) is 4.31. The highest BCUT2D eigenvalue weighted by Gasteiger charge is 2.15. The first kappa shape index (κ1) is 14.4. The van der Waals surface area contributed by atoms with Crippen LogP contribution in [0.5, 0.6) is 0 Å². The summed E-state index contributed by atoms with van der Waals surface area (Å²) in [6.07, 6.45) is 1.87. The summed E-state index contributed by atoms with van der Waals surface area (Å²) in [7, 11) is 0. The molecule has 0 spiro atoms. The second kappa shape index (κ2) is 6.96. The van der Waals surface area contributed by atoms with Gasteiger partial charge in [0.05, 0.1) is 6.42 Å². The largest absolute Gasteiger partial charge is 0.481 e. The number of pyridine rings is 1. The maximum Gasteiger partial charge on any atom is 0.304 e. The molecule has 18 heavy (non-hydrogen) atoms. The van der Waals surface area contributed by atoms with Crippen LogP contribution in [0, 0.1) is 0 Å². The van der Waals surface area contributed by atoms with Crippen LogP contribution in [-0.4, -0.2) is 39.7 Å². The van der Waals surface area contributed by atoms with E-state index in [9.17, 15) is 9.59 Å². The molecule has 100 valence electrons. The third-order valence-corrected chi connectivity index (χ3v) is 3.03. The molecule has 0 aliphatic heterocycles. The van der Waals surface area contributed by atoms with E-state index in [1.54, 1.807) is 16.8 Å². The van der Waals surface area contributed by atoms with Crippen molar-refractivity contribution in [1.82, 2.24) is 9.47 Å². The van der Waals surface area contributed by atoms with Crippen molar-refractivity contribution in [3.8, 4) is 0 Å². The molecule has 0 amide bonds. The molecule has 1 aromatic heterocycles. The summed E-state index contributed by atoms with van der Waals surface area (Å²) in [6.45, 7) is 5.92. The summed E-state index contributed by atoms with van der Waals surface area (Å²) in [5.41, 5.74) is -0.0283. The summed E-state index contributed by atoms with van der Waals surface area (Å²) in [5.74, 6) is -0.794. The highest BCUT2D eigenvalue weighted by molar-refractivity contribution is 5.67. The molecule has 0 radical (unpaired) electrons. The minimum atomic E-state index is -0.794. The number of rotatable bonds is 7. The minimum absolute atomic E-state index is 0.0214. The van der Waals surface area contributed by atoms with Crippen molar-refractivity contribution >= 4 is 5.97 Å². The van der Waals surface area contributed by atoms with Crippen LogP contribution in [0.3, 0.4) is 0 Å². The molecule has 5 nitrogen and oxygen atoms in total. The van der Waals surface area contributed by atoms with Gasteiger partial charge in [0, 0.05) is 31.4 Å². The Morgan fingerprint density at radius 3 is 2.78 bits per heavy atom. The average molecular weight is 252 g/mol. The van der Waals surface area contributed by atoms with Gasteiger partial charge in [-0.05, 0) is 19.5 Å². The van der Waals surface area contributed by atoms with Crippen molar-refractivity contribution in [1.29, 1.82) is 0 Å². The van der Waals surface area contributed by atoms with Crippen molar-refractivity contribution in [3.63, 3.8) is 0 Å². The third kappa shape index (κ3) is 4.33. The normalized spacial score (nSPS) is 12.6. The van der Waals surface area contributed by atoms with Crippen LogP contribution in [-0.2, 0) is 11.3 Å². The number of nitrogens with zero attached hydrogens (tertiary/aromatic N) is 2. The van der Waals surface area contributed by atoms with Crippen LogP contribution < -0.4 is 5.56 Å². The minimum Gasteiger partial charge on any atom is -0.481 e. The second-order valence-corrected chi connectivity index (χ2v) is 4.31. The topological polar surface area (TPSA) is 62.5 Å². The first-order chi connectivity index (χ1) is 8.54. The van der Waals surface area contributed by atoms with Crippen LogP contribution in [0.2, 0.25) is 0 Å². The zero-order chi connectivity index (χ0) is 13.5. The molecule has 0 bridgehead atoms. The van der Waals surface area contributed by atoms with E-state index in [1.165, 1.54) is 6.07 Å². The lowest BCUT2D eigenvalue weighted by molar-refractivity contribution is -0.138. The highest BCUT2D eigenvalue weighted by atomic mass is 16.4.